The van der Waals surface area contributed by atoms with Gasteiger partial charge in [-0.1, -0.05) is 60.7 Å². The summed E-state index contributed by atoms with van der Waals surface area (Å²) in [6.07, 6.45) is -1.000. The average molecular weight is 570 g/mol. The lowest BCUT2D eigenvalue weighted by Crippen LogP contribution is -2.58. The van der Waals surface area contributed by atoms with E-state index in [4.69, 9.17) is 16.6 Å². The summed E-state index contributed by atoms with van der Waals surface area (Å²) in [4.78, 5) is 73.2. The average Bonchev–Trinajstić information content (AvgIpc) is 2.93. The molecule has 220 valence electrons. The fourth-order valence-electron chi connectivity index (χ4n) is 3.90. The molecule has 0 bridgehead atoms. The second-order valence-electron chi connectivity index (χ2n) is 9.45. The maximum Gasteiger partial charge on any atom is 0.326 e. The summed E-state index contributed by atoms with van der Waals surface area (Å²) in [6.45, 7) is 0. The number of carbonyl (C=O) groups is 6. The third kappa shape index (κ3) is 11.9. The summed E-state index contributed by atoms with van der Waals surface area (Å²) in [5, 5.41) is 25.9. The van der Waals surface area contributed by atoms with Crippen LogP contribution in [0.2, 0.25) is 0 Å². The van der Waals surface area contributed by atoms with E-state index in [2.05, 4.69) is 16.0 Å². The van der Waals surface area contributed by atoms with Gasteiger partial charge in [-0.15, -0.1) is 0 Å². The second kappa shape index (κ2) is 16.4. The van der Waals surface area contributed by atoms with Crippen LogP contribution < -0.4 is 27.4 Å². The maximum absolute atomic E-state index is 13.5. The molecule has 0 saturated carbocycles. The quantitative estimate of drug-likeness (QED) is 0.130. The van der Waals surface area contributed by atoms with Crippen molar-refractivity contribution in [2.24, 2.45) is 11.5 Å². The van der Waals surface area contributed by atoms with Crippen LogP contribution in [-0.2, 0) is 41.6 Å². The molecule has 4 amide bonds. The van der Waals surface area contributed by atoms with Crippen LogP contribution in [0.25, 0.3) is 0 Å². The van der Waals surface area contributed by atoms with Gasteiger partial charge in [0.1, 0.15) is 18.1 Å². The van der Waals surface area contributed by atoms with E-state index >= 15 is 0 Å². The van der Waals surface area contributed by atoms with Gasteiger partial charge in [-0.25, -0.2) is 4.79 Å². The molecule has 2 aromatic carbocycles. The summed E-state index contributed by atoms with van der Waals surface area (Å²) in [5.41, 5.74) is 12.3. The lowest BCUT2D eigenvalue weighted by atomic mass is 10.0. The van der Waals surface area contributed by atoms with Crippen molar-refractivity contribution in [3.8, 4) is 0 Å². The molecule has 0 fully saturated rings. The molecular formula is C28H35N5O8. The first-order valence-corrected chi connectivity index (χ1v) is 12.9. The van der Waals surface area contributed by atoms with Crippen LogP contribution in [0.15, 0.2) is 60.7 Å². The Morgan fingerprint density at radius 1 is 0.634 bits per heavy atom. The van der Waals surface area contributed by atoms with Gasteiger partial charge in [0, 0.05) is 25.7 Å². The highest BCUT2D eigenvalue weighted by molar-refractivity contribution is 5.94. The van der Waals surface area contributed by atoms with E-state index in [9.17, 15) is 33.9 Å². The smallest absolute Gasteiger partial charge is 0.326 e. The fraction of sp³-hybridized carbons (Fsp3) is 0.357. The summed E-state index contributed by atoms with van der Waals surface area (Å²) >= 11 is 0. The molecule has 13 nitrogen and oxygen atoms in total. The van der Waals surface area contributed by atoms with Crippen LogP contribution in [0.1, 0.15) is 36.8 Å². The van der Waals surface area contributed by atoms with Crippen LogP contribution in [0, 0.1) is 0 Å². The summed E-state index contributed by atoms with van der Waals surface area (Å²) in [7, 11) is 0. The standard InChI is InChI=1S/C28H35N5O8/c29-19(11-14-24(35)36)25(37)32-21(15-17-7-3-1-4-8-17)27(39)33-22(16-18-9-5-2-6-10-18)26(38)31-20(28(40)41)12-13-23(30)34/h1-10,19-22H,11-16,29H2,(H2,30,34)(H,31,38)(H,32,37)(H,33,39)(H,35,36)(H,40,41). The number of carboxylic acid groups (broad SMARTS) is 2. The fourth-order valence-corrected chi connectivity index (χ4v) is 3.90. The zero-order valence-electron chi connectivity index (χ0n) is 22.3. The minimum absolute atomic E-state index is 0.00923. The molecule has 0 aliphatic carbocycles. The topological polar surface area (TPSA) is 231 Å². The first-order chi connectivity index (χ1) is 19.5. The molecule has 4 atom stereocenters. The summed E-state index contributed by atoms with van der Waals surface area (Å²) in [5.74, 6) is -5.55. The third-order valence-corrected chi connectivity index (χ3v) is 6.13. The van der Waals surface area contributed by atoms with Gasteiger partial charge in [0.2, 0.25) is 23.6 Å². The number of carbonyl (C=O) groups excluding carboxylic acids is 4. The molecule has 4 unspecified atom stereocenters. The van der Waals surface area contributed by atoms with E-state index < -0.39 is 59.7 Å². The van der Waals surface area contributed by atoms with Crippen molar-refractivity contribution in [1.82, 2.24) is 16.0 Å². The van der Waals surface area contributed by atoms with Gasteiger partial charge in [0.25, 0.3) is 0 Å². The molecule has 0 aliphatic heterocycles. The Morgan fingerprint density at radius 3 is 1.49 bits per heavy atom. The van der Waals surface area contributed by atoms with Crippen LogP contribution >= 0.6 is 0 Å². The van der Waals surface area contributed by atoms with Gasteiger partial charge in [0.15, 0.2) is 0 Å². The molecule has 0 radical (unpaired) electrons. The van der Waals surface area contributed by atoms with Crippen molar-refractivity contribution < 1.29 is 39.0 Å². The summed E-state index contributed by atoms with van der Waals surface area (Å²) < 4.78 is 0. The van der Waals surface area contributed by atoms with E-state index in [1.807, 2.05) is 0 Å². The Bertz CT molecular complexity index is 1210. The highest BCUT2D eigenvalue weighted by Crippen LogP contribution is 2.09. The molecular weight excluding hydrogens is 534 g/mol. The van der Waals surface area contributed by atoms with Crippen molar-refractivity contribution in [3.05, 3.63) is 71.8 Å². The lowest BCUT2D eigenvalue weighted by Gasteiger charge is -2.25. The van der Waals surface area contributed by atoms with Gasteiger partial charge in [0.05, 0.1) is 6.04 Å². The normalized spacial score (nSPS) is 13.6. The molecule has 0 heterocycles. The highest BCUT2D eigenvalue weighted by atomic mass is 16.4. The van der Waals surface area contributed by atoms with Crippen LogP contribution in [-0.4, -0.2) is 69.9 Å². The Morgan fingerprint density at radius 2 is 1.07 bits per heavy atom. The minimum Gasteiger partial charge on any atom is -0.481 e. The SMILES string of the molecule is NC(=O)CCC(NC(=O)C(Cc1ccccc1)NC(=O)C(Cc1ccccc1)NC(=O)C(N)CCC(=O)O)C(=O)O. The molecule has 0 saturated heterocycles. The van der Waals surface area contributed by atoms with E-state index in [-0.39, 0.29) is 38.5 Å². The molecule has 41 heavy (non-hydrogen) atoms. The Kier molecular flexibility index (Phi) is 12.9. The molecule has 0 aromatic heterocycles. The number of amides is 4. The number of hydrogen-bond donors (Lipinski definition) is 7. The first kappa shape index (κ1) is 32.4. The minimum atomic E-state index is -1.43. The maximum atomic E-state index is 13.5. The number of nitrogens with one attached hydrogen (secondary N) is 3. The van der Waals surface area contributed by atoms with Gasteiger partial charge in [-0.3, -0.25) is 24.0 Å². The molecule has 13 heteroatoms. The van der Waals surface area contributed by atoms with Crippen molar-refractivity contribution in [2.75, 3.05) is 0 Å². The molecule has 9 N–H and O–H groups in total. The Hall–Kier alpha value is -4.78. The van der Waals surface area contributed by atoms with Crippen LogP contribution in [0.3, 0.4) is 0 Å². The molecule has 2 rings (SSSR count). The summed E-state index contributed by atoms with van der Waals surface area (Å²) in [6, 6.07) is 12.3. The van der Waals surface area contributed by atoms with E-state index in [0.29, 0.717) is 11.1 Å². The van der Waals surface area contributed by atoms with Gasteiger partial charge in [-0.05, 0) is 24.0 Å². The molecule has 0 aliphatic rings. The van der Waals surface area contributed by atoms with Crippen LogP contribution in [0.5, 0.6) is 0 Å². The second-order valence-corrected chi connectivity index (χ2v) is 9.45. The number of primary amides is 1. The van der Waals surface area contributed by atoms with E-state index in [1.165, 1.54) is 0 Å². The number of carboxylic acids is 2. The Labute approximate surface area is 236 Å². The zero-order valence-corrected chi connectivity index (χ0v) is 22.3. The molecule has 0 spiro atoms. The third-order valence-electron chi connectivity index (χ3n) is 6.13. The van der Waals surface area contributed by atoms with E-state index in [0.717, 1.165) is 0 Å². The number of hydrogen-bond acceptors (Lipinski definition) is 7. The van der Waals surface area contributed by atoms with Gasteiger partial charge >= 0.3 is 11.9 Å². The van der Waals surface area contributed by atoms with Gasteiger partial charge < -0.3 is 37.6 Å². The van der Waals surface area contributed by atoms with Crippen LogP contribution in [0.4, 0.5) is 0 Å². The van der Waals surface area contributed by atoms with Crippen molar-refractivity contribution in [2.45, 2.75) is 62.7 Å². The predicted molar refractivity (Wildman–Crippen MR) is 147 cm³/mol. The van der Waals surface area contributed by atoms with E-state index in [1.54, 1.807) is 60.7 Å². The monoisotopic (exact) mass is 569 g/mol. The largest absolute Gasteiger partial charge is 0.481 e. The Balaban J connectivity index is 2.28. The number of aliphatic carboxylic acids is 2. The highest BCUT2D eigenvalue weighted by Gasteiger charge is 2.31. The number of rotatable bonds is 17. The number of nitrogens with two attached hydrogens (primary N) is 2. The predicted octanol–water partition coefficient (Wildman–Crippen LogP) is -0.532. The molecule has 2 aromatic rings. The van der Waals surface area contributed by atoms with Gasteiger partial charge in [-0.2, -0.15) is 0 Å². The van der Waals surface area contributed by atoms with Crippen molar-refractivity contribution in [1.29, 1.82) is 0 Å². The number of benzene rings is 2. The lowest BCUT2D eigenvalue weighted by molar-refractivity contribution is -0.142. The first-order valence-electron chi connectivity index (χ1n) is 12.9. The zero-order chi connectivity index (χ0) is 30.4. The van der Waals surface area contributed by atoms with Crippen molar-refractivity contribution >= 4 is 35.6 Å². The van der Waals surface area contributed by atoms with Crippen molar-refractivity contribution in [3.63, 3.8) is 0 Å².